The van der Waals surface area contributed by atoms with Crippen LogP contribution in [0.5, 0.6) is 0 Å². The minimum atomic E-state index is -0.0385. The molecule has 26 heavy (non-hydrogen) atoms. The maximum Gasteiger partial charge on any atom is 0.272 e. The second-order valence-electron chi connectivity index (χ2n) is 6.64. The molecule has 0 spiro atoms. The zero-order valence-electron chi connectivity index (χ0n) is 15.6. The fourth-order valence-corrected chi connectivity index (χ4v) is 2.91. The van der Waals surface area contributed by atoms with Crippen molar-refractivity contribution in [3.63, 3.8) is 0 Å². The minimum Gasteiger partial charge on any atom is -0.353 e. The topological polar surface area (TPSA) is 74.2 Å². The van der Waals surface area contributed by atoms with E-state index < -0.39 is 0 Å². The Morgan fingerprint density at radius 1 is 1.23 bits per heavy atom. The van der Waals surface area contributed by atoms with Crippen LogP contribution in [0.4, 0.5) is 11.8 Å². The van der Waals surface area contributed by atoms with E-state index in [2.05, 4.69) is 39.0 Å². The quantitative estimate of drug-likeness (QED) is 0.888. The second kappa shape index (κ2) is 8.12. The Kier molecular flexibility index (Phi) is 5.65. The van der Waals surface area contributed by atoms with Gasteiger partial charge in [-0.15, -0.1) is 0 Å². The Labute approximate surface area is 154 Å². The molecule has 7 nitrogen and oxygen atoms in total. The van der Waals surface area contributed by atoms with Crippen molar-refractivity contribution >= 4 is 17.7 Å². The highest BCUT2D eigenvalue weighted by atomic mass is 16.2. The molecule has 1 N–H and O–H groups in total. The highest BCUT2D eigenvalue weighted by Crippen LogP contribution is 2.15. The van der Waals surface area contributed by atoms with Crippen molar-refractivity contribution in [2.45, 2.75) is 33.2 Å². The second-order valence-corrected chi connectivity index (χ2v) is 6.64. The highest BCUT2D eigenvalue weighted by molar-refractivity contribution is 5.92. The molecule has 1 fully saturated rings. The molecular formula is C19H26N6O. The van der Waals surface area contributed by atoms with Gasteiger partial charge in [0.25, 0.3) is 5.91 Å². The molecule has 0 saturated carbocycles. The van der Waals surface area contributed by atoms with Crippen molar-refractivity contribution in [2.24, 2.45) is 0 Å². The van der Waals surface area contributed by atoms with Gasteiger partial charge in [-0.3, -0.25) is 4.79 Å². The van der Waals surface area contributed by atoms with Crippen molar-refractivity contribution in [1.29, 1.82) is 0 Å². The van der Waals surface area contributed by atoms with E-state index >= 15 is 0 Å². The molecule has 3 heterocycles. The number of nitrogens with zero attached hydrogens (tertiary/aromatic N) is 5. The molecule has 1 saturated heterocycles. The highest BCUT2D eigenvalue weighted by Gasteiger charge is 2.24. The Bertz CT molecular complexity index is 743. The zero-order valence-corrected chi connectivity index (χ0v) is 15.6. The largest absolute Gasteiger partial charge is 0.353 e. The van der Waals surface area contributed by atoms with Gasteiger partial charge in [0.1, 0.15) is 11.5 Å². The molecule has 1 unspecified atom stereocenters. The number of anilines is 2. The molecule has 1 aliphatic rings. The van der Waals surface area contributed by atoms with Crippen molar-refractivity contribution < 1.29 is 4.79 Å². The van der Waals surface area contributed by atoms with Gasteiger partial charge in [0.15, 0.2) is 0 Å². The Hall–Kier alpha value is -2.70. The number of aromatic nitrogens is 3. The SMILES string of the molecule is CCC(C)Nc1nc(C)cc(C(=O)N2CCN(c3ccccn3)CC2)n1. The number of hydrogen-bond donors (Lipinski definition) is 1. The number of rotatable bonds is 5. The normalized spacial score (nSPS) is 15.7. The van der Waals surface area contributed by atoms with Crippen LogP contribution in [0.15, 0.2) is 30.5 Å². The molecule has 0 bridgehead atoms. The van der Waals surface area contributed by atoms with Crippen LogP contribution in [0.25, 0.3) is 0 Å². The fourth-order valence-electron chi connectivity index (χ4n) is 2.91. The predicted octanol–water partition coefficient (Wildman–Crippen LogP) is 2.35. The molecule has 0 aliphatic carbocycles. The average Bonchev–Trinajstić information content (AvgIpc) is 2.67. The first-order valence-electron chi connectivity index (χ1n) is 9.14. The molecule has 1 aliphatic heterocycles. The van der Waals surface area contributed by atoms with Crippen LogP contribution in [0.2, 0.25) is 0 Å². The summed E-state index contributed by atoms with van der Waals surface area (Å²) in [5, 5.41) is 3.25. The first kappa shape index (κ1) is 18.1. The van der Waals surface area contributed by atoms with E-state index in [4.69, 9.17) is 0 Å². The summed E-state index contributed by atoms with van der Waals surface area (Å²) >= 11 is 0. The number of hydrogen-bond acceptors (Lipinski definition) is 6. The van der Waals surface area contributed by atoms with Crippen LogP contribution < -0.4 is 10.2 Å². The van der Waals surface area contributed by atoms with E-state index in [0.717, 1.165) is 31.0 Å². The third kappa shape index (κ3) is 4.28. The maximum absolute atomic E-state index is 12.9. The Morgan fingerprint density at radius 3 is 2.65 bits per heavy atom. The number of pyridine rings is 1. The zero-order chi connectivity index (χ0) is 18.5. The van der Waals surface area contributed by atoms with Crippen LogP contribution in [0, 0.1) is 6.92 Å². The summed E-state index contributed by atoms with van der Waals surface area (Å²) in [6, 6.07) is 7.91. The lowest BCUT2D eigenvalue weighted by atomic mass is 10.2. The summed E-state index contributed by atoms with van der Waals surface area (Å²) < 4.78 is 0. The summed E-state index contributed by atoms with van der Waals surface area (Å²) in [6.45, 7) is 8.92. The Balaban J connectivity index is 1.66. The van der Waals surface area contributed by atoms with Gasteiger partial charge in [-0.2, -0.15) is 0 Å². The summed E-state index contributed by atoms with van der Waals surface area (Å²) in [4.78, 5) is 30.1. The molecule has 138 valence electrons. The lowest BCUT2D eigenvalue weighted by Crippen LogP contribution is -2.49. The Morgan fingerprint density at radius 2 is 2.00 bits per heavy atom. The molecule has 3 rings (SSSR count). The molecule has 1 amide bonds. The van der Waals surface area contributed by atoms with Crippen LogP contribution >= 0.6 is 0 Å². The van der Waals surface area contributed by atoms with Gasteiger partial charge in [0, 0.05) is 44.1 Å². The third-order valence-electron chi connectivity index (χ3n) is 4.60. The van der Waals surface area contributed by atoms with Gasteiger partial charge < -0.3 is 15.1 Å². The number of carbonyl (C=O) groups is 1. The third-order valence-corrected chi connectivity index (χ3v) is 4.60. The van der Waals surface area contributed by atoms with Crippen LogP contribution in [0.3, 0.4) is 0 Å². The van der Waals surface area contributed by atoms with Gasteiger partial charge in [-0.25, -0.2) is 15.0 Å². The van der Waals surface area contributed by atoms with Crippen LogP contribution in [-0.4, -0.2) is 58.0 Å². The summed E-state index contributed by atoms with van der Waals surface area (Å²) in [5.41, 5.74) is 1.25. The van der Waals surface area contributed by atoms with E-state index in [1.54, 1.807) is 12.3 Å². The van der Waals surface area contributed by atoms with Gasteiger partial charge in [0.05, 0.1) is 0 Å². The molecule has 2 aromatic heterocycles. The summed E-state index contributed by atoms with van der Waals surface area (Å²) in [5.74, 6) is 1.44. The van der Waals surface area contributed by atoms with Gasteiger partial charge >= 0.3 is 0 Å². The van der Waals surface area contributed by atoms with Crippen molar-refractivity contribution in [3.8, 4) is 0 Å². The minimum absolute atomic E-state index is 0.0385. The van der Waals surface area contributed by atoms with Crippen LogP contribution in [0.1, 0.15) is 36.5 Å². The smallest absolute Gasteiger partial charge is 0.272 e. The van der Waals surface area contributed by atoms with E-state index in [1.165, 1.54) is 0 Å². The van der Waals surface area contributed by atoms with Crippen molar-refractivity contribution in [3.05, 3.63) is 41.9 Å². The number of amides is 1. The van der Waals surface area contributed by atoms with E-state index in [1.807, 2.05) is 30.0 Å². The van der Waals surface area contributed by atoms with Gasteiger partial charge in [-0.05, 0) is 38.5 Å². The van der Waals surface area contributed by atoms with Crippen LogP contribution in [-0.2, 0) is 0 Å². The average molecular weight is 354 g/mol. The predicted molar refractivity (Wildman–Crippen MR) is 102 cm³/mol. The maximum atomic E-state index is 12.9. The standard InChI is InChI=1S/C19H26N6O/c1-4-14(2)21-19-22-15(3)13-16(23-19)18(26)25-11-9-24(10-12-25)17-7-5-6-8-20-17/h5-8,13-14H,4,9-12H2,1-3H3,(H,21,22,23). The van der Waals surface area contributed by atoms with E-state index in [-0.39, 0.29) is 11.9 Å². The van der Waals surface area contributed by atoms with Gasteiger partial charge in [-0.1, -0.05) is 13.0 Å². The number of carbonyl (C=O) groups excluding carboxylic acids is 1. The molecule has 0 radical (unpaired) electrons. The molecule has 0 aromatic carbocycles. The lowest BCUT2D eigenvalue weighted by Gasteiger charge is -2.35. The number of aryl methyl sites for hydroxylation is 1. The lowest BCUT2D eigenvalue weighted by molar-refractivity contribution is 0.0740. The van der Waals surface area contributed by atoms with Crippen molar-refractivity contribution in [1.82, 2.24) is 19.9 Å². The molecule has 2 aromatic rings. The summed E-state index contributed by atoms with van der Waals surface area (Å²) in [6.07, 6.45) is 2.76. The first-order chi connectivity index (χ1) is 12.6. The molecule has 1 atom stereocenters. The fraction of sp³-hybridized carbons (Fsp3) is 0.474. The number of piperazine rings is 1. The van der Waals surface area contributed by atoms with E-state index in [0.29, 0.717) is 24.7 Å². The monoisotopic (exact) mass is 354 g/mol. The van der Waals surface area contributed by atoms with E-state index in [9.17, 15) is 4.79 Å². The molecular weight excluding hydrogens is 328 g/mol. The first-order valence-corrected chi connectivity index (χ1v) is 9.14. The number of nitrogens with one attached hydrogen (secondary N) is 1. The van der Waals surface area contributed by atoms with Gasteiger partial charge in [0.2, 0.25) is 5.95 Å². The molecule has 7 heteroatoms. The van der Waals surface area contributed by atoms with Crippen molar-refractivity contribution in [2.75, 3.05) is 36.4 Å². The summed E-state index contributed by atoms with van der Waals surface area (Å²) in [7, 11) is 0.